The molecule has 1 heterocycles. The van der Waals surface area contributed by atoms with E-state index in [1.165, 1.54) is 18.5 Å². The maximum atomic E-state index is 11.9. The number of hydrogen-bond donors (Lipinski definition) is 2. The zero-order valence-electron chi connectivity index (χ0n) is 10.1. The molecule has 19 heavy (non-hydrogen) atoms. The van der Waals surface area contributed by atoms with Gasteiger partial charge < -0.3 is 10.4 Å². The third-order valence-electron chi connectivity index (χ3n) is 2.66. The van der Waals surface area contributed by atoms with E-state index in [0.29, 0.717) is 5.56 Å². The minimum Gasteiger partial charge on any atom is -0.387 e. The zero-order valence-corrected chi connectivity index (χ0v) is 10.8. The summed E-state index contributed by atoms with van der Waals surface area (Å²) in [5, 5.41) is 12.8. The van der Waals surface area contributed by atoms with Crippen molar-refractivity contribution in [2.24, 2.45) is 0 Å². The molecule has 1 aromatic heterocycles. The summed E-state index contributed by atoms with van der Waals surface area (Å²) in [6.45, 7) is 0.126. The van der Waals surface area contributed by atoms with Gasteiger partial charge in [-0.1, -0.05) is 41.9 Å². The Kier molecular flexibility index (Phi) is 4.49. The lowest BCUT2D eigenvalue weighted by Crippen LogP contribution is -2.28. The van der Waals surface area contributed by atoms with E-state index in [0.717, 1.165) is 5.56 Å². The van der Waals surface area contributed by atoms with Gasteiger partial charge in [-0.15, -0.1) is 0 Å². The number of aliphatic hydroxyl groups excluding tert-OH is 1. The van der Waals surface area contributed by atoms with Gasteiger partial charge in [0.05, 0.1) is 16.7 Å². The molecule has 1 aromatic carbocycles. The summed E-state index contributed by atoms with van der Waals surface area (Å²) in [5.74, 6) is -0.331. The van der Waals surface area contributed by atoms with Gasteiger partial charge in [-0.2, -0.15) is 0 Å². The van der Waals surface area contributed by atoms with Crippen molar-refractivity contribution in [3.05, 3.63) is 64.9 Å². The number of carbonyl (C=O) groups is 1. The molecule has 2 rings (SSSR count). The Morgan fingerprint density at radius 1 is 1.32 bits per heavy atom. The van der Waals surface area contributed by atoms with Gasteiger partial charge in [-0.25, -0.2) is 0 Å². The molecule has 1 amide bonds. The molecule has 0 saturated carbocycles. The van der Waals surface area contributed by atoms with E-state index in [1.54, 1.807) is 12.1 Å². The van der Waals surface area contributed by atoms with Crippen LogP contribution in [-0.2, 0) is 0 Å². The van der Waals surface area contributed by atoms with Crippen molar-refractivity contribution in [1.82, 2.24) is 10.3 Å². The fraction of sp³-hybridized carbons (Fsp3) is 0.143. The Bertz CT molecular complexity index is 560. The van der Waals surface area contributed by atoms with Crippen LogP contribution in [0.15, 0.2) is 48.8 Å². The van der Waals surface area contributed by atoms with Crippen LogP contribution in [0.25, 0.3) is 0 Å². The Labute approximate surface area is 116 Å². The maximum Gasteiger partial charge on any atom is 0.253 e. The van der Waals surface area contributed by atoms with Crippen molar-refractivity contribution >= 4 is 17.5 Å². The van der Waals surface area contributed by atoms with Crippen LogP contribution in [0, 0.1) is 0 Å². The van der Waals surface area contributed by atoms with Gasteiger partial charge >= 0.3 is 0 Å². The Balaban J connectivity index is 1.96. The van der Waals surface area contributed by atoms with Crippen molar-refractivity contribution in [3.63, 3.8) is 0 Å². The molecule has 0 spiro atoms. The third kappa shape index (κ3) is 3.53. The number of halogens is 1. The van der Waals surface area contributed by atoms with Gasteiger partial charge in [0.15, 0.2) is 0 Å². The number of aromatic nitrogens is 1. The average Bonchev–Trinajstić information content (AvgIpc) is 2.46. The average molecular weight is 277 g/mol. The van der Waals surface area contributed by atoms with E-state index >= 15 is 0 Å². The fourth-order valence-corrected chi connectivity index (χ4v) is 1.84. The van der Waals surface area contributed by atoms with E-state index < -0.39 is 6.10 Å². The normalized spacial score (nSPS) is 11.9. The molecular weight excluding hydrogens is 264 g/mol. The summed E-state index contributed by atoms with van der Waals surface area (Å²) in [6, 6.07) is 10.7. The second-order valence-corrected chi connectivity index (χ2v) is 4.40. The van der Waals surface area contributed by atoms with Gasteiger partial charge in [-0.3, -0.25) is 9.78 Å². The Morgan fingerprint density at radius 3 is 2.74 bits per heavy atom. The number of rotatable bonds is 4. The number of pyridine rings is 1. The summed E-state index contributed by atoms with van der Waals surface area (Å²) in [5.41, 5.74) is 1.10. The van der Waals surface area contributed by atoms with Gasteiger partial charge in [-0.05, 0) is 11.6 Å². The topological polar surface area (TPSA) is 62.2 Å². The third-order valence-corrected chi connectivity index (χ3v) is 2.96. The maximum absolute atomic E-state index is 11.9. The molecule has 4 nitrogen and oxygen atoms in total. The predicted molar refractivity (Wildman–Crippen MR) is 73.0 cm³/mol. The highest BCUT2D eigenvalue weighted by molar-refractivity contribution is 6.33. The Hall–Kier alpha value is -1.91. The molecule has 2 N–H and O–H groups in total. The number of aliphatic hydroxyl groups is 1. The van der Waals surface area contributed by atoms with Crippen LogP contribution < -0.4 is 5.32 Å². The van der Waals surface area contributed by atoms with E-state index in [1.807, 2.05) is 18.2 Å². The molecule has 0 aliphatic heterocycles. The van der Waals surface area contributed by atoms with Gasteiger partial charge in [0.2, 0.25) is 0 Å². The number of hydrogen-bond acceptors (Lipinski definition) is 3. The molecule has 0 aliphatic rings. The van der Waals surface area contributed by atoms with Crippen molar-refractivity contribution in [2.75, 3.05) is 6.54 Å². The minimum absolute atomic E-state index is 0.126. The molecule has 0 bridgehead atoms. The fourth-order valence-electron chi connectivity index (χ4n) is 1.64. The summed E-state index contributed by atoms with van der Waals surface area (Å²) in [7, 11) is 0. The van der Waals surface area contributed by atoms with E-state index in [4.69, 9.17) is 11.6 Å². The van der Waals surface area contributed by atoms with Crippen LogP contribution in [0.5, 0.6) is 0 Å². The highest BCUT2D eigenvalue weighted by Gasteiger charge is 2.12. The largest absolute Gasteiger partial charge is 0.387 e. The van der Waals surface area contributed by atoms with Crippen LogP contribution in [0.1, 0.15) is 22.0 Å². The molecule has 5 heteroatoms. The minimum atomic E-state index is -0.745. The summed E-state index contributed by atoms with van der Waals surface area (Å²) < 4.78 is 0. The molecule has 0 aliphatic carbocycles. The van der Waals surface area contributed by atoms with Crippen LogP contribution in [0.4, 0.5) is 0 Å². The monoisotopic (exact) mass is 276 g/mol. The molecule has 0 saturated heterocycles. The standard InChI is InChI=1S/C14H13ClN2O2/c15-12-8-16-7-6-11(12)14(19)17-9-13(18)10-4-2-1-3-5-10/h1-8,13,18H,9H2,(H,17,19). The van der Waals surface area contributed by atoms with Crippen LogP contribution in [-0.4, -0.2) is 22.5 Å². The highest BCUT2D eigenvalue weighted by Crippen LogP contribution is 2.14. The molecule has 2 aromatic rings. The zero-order chi connectivity index (χ0) is 13.7. The van der Waals surface area contributed by atoms with Crippen LogP contribution >= 0.6 is 11.6 Å². The van der Waals surface area contributed by atoms with Crippen molar-refractivity contribution in [3.8, 4) is 0 Å². The van der Waals surface area contributed by atoms with Gasteiger partial charge in [0.1, 0.15) is 0 Å². The van der Waals surface area contributed by atoms with Gasteiger partial charge in [0, 0.05) is 18.9 Å². The summed E-state index contributed by atoms with van der Waals surface area (Å²) in [4.78, 5) is 15.7. The van der Waals surface area contributed by atoms with E-state index in [2.05, 4.69) is 10.3 Å². The number of amides is 1. The lowest BCUT2D eigenvalue weighted by atomic mass is 10.1. The number of nitrogens with one attached hydrogen (secondary N) is 1. The summed E-state index contributed by atoms with van der Waals surface area (Å²) in [6.07, 6.45) is 2.16. The molecule has 1 unspecified atom stereocenters. The van der Waals surface area contributed by atoms with Crippen molar-refractivity contribution in [2.45, 2.75) is 6.10 Å². The molecule has 98 valence electrons. The highest BCUT2D eigenvalue weighted by atomic mass is 35.5. The number of carbonyl (C=O) groups excluding carboxylic acids is 1. The van der Waals surface area contributed by atoms with E-state index in [9.17, 15) is 9.90 Å². The first-order valence-electron chi connectivity index (χ1n) is 5.79. The van der Waals surface area contributed by atoms with Crippen LogP contribution in [0.2, 0.25) is 5.02 Å². The lowest BCUT2D eigenvalue weighted by Gasteiger charge is -2.12. The van der Waals surface area contributed by atoms with Gasteiger partial charge in [0.25, 0.3) is 5.91 Å². The Morgan fingerprint density at radius 2 is 2.05 bits per heavy atom. The first-order valence-corrected chi connectivity index (χ1v) is 6.17. The SMILES string of the molecule is O=C(NCC(O)c1ccccc1)c1ccncc1Cl. The first-order chi connectivity index (χ1) is 9.18. The first kappa shape index (κ1) is 13.5. The van der Waals surface area contributed by atoms with Crippen molar-refractivity contribution in [1.29, 1.82) is 0 Å². The van der Waals surface area contributed by atoms with Crippen LogP contribution in [0.3, 0.4) is 0 Å². The predicted octanol–water partition coefficient (Wildman–Crippen LogP) is 2.20. The molecule has 1 atom stereocenters. The second kappa shape index (κ2) is 6.31. The smallest absolute Gasteiger partial charge is 0.253 e. The quantitative estimate of drug-likeness (QED) is 0.900. The molecule has 0 fully saturated rings. The lowest BCUT2D eigenvalue weighted by molar-refractivity contribution is 0.0916. The van der Waals surface area contributed by atoms with Crippen molar-refractivity contribution < 1.29 is 9.90 Å². The number of nitrogens with zero attached hydrogens (tertiary/aromatic N) is 1. The molecular formula is C14H13ClN2O2. The second-order valence-electron chi connectivity index (χ2n) is 3.99. The number of benzene rings is 1. The molecule has 0 radical (unpaired) electrons. The summed E-state index contributed by atoms with van der Waals surface area (Å²) >= 11 is 5.87. The van der Waals surface area contributed by atoms with E-state index in [-0.39, 0.29) is 17.5 Å².